The molecule has 0 unspecified atom stereocenters. The Morgan fingerprint density at radius 3 is 2.94 bits per heavy atom. The fourth-order valence-corrected chi connectivity index (χ4v) is 2.70. The molecule has 3 rings (SSSR count). The van der Waals surface area contributed by atoms with Crippen LogP contribution in [-0.2, 0) is 19.9 Å². The monoisotopic (exact) mass is 216 g/mol. The van der Waals surface area contributed by atoms with Crippen molar-refractivity contribution >= 4 is 10.9 Å². The molecule has 0 atom stereocenters. The van der Waals surface area contributed by atoms with E-state index in [2.05, 4.69) is 16.9 Å². The van der Waals surface area contributed by atoms with Crippen LogP contribution in [0.15, 0.2) is 18.2 Å². The van der Waals surface area contributed by atoms with E-state index in [1.165, 1.54) is 16.6 Å². The van der Waals surface area contributed by atoms with Crippen molar-refractivity contribution in [1.29, 1.82) is 0 Å². The first-order valence-electron chi connectivity index (χ1n) is 5.77. The molecule has 84 valence electrons. The fraction of sp³-hybridized carbons (Fsp3) is 0.385. The predicted molar refractivity (Wildman–Crippen MR) is 64.9 cm³/mol. The lowest BCUT2D eigenvalue weighted by Gasteiger charge is -2.03. The second kappa shape index (κ2) is 3.52. The summed E-state index contributed by atoms with van der Waals surface area (Å²) < 4.78 is 2.22. The second-order valence-electron chi connectivity index (χ2n) is 4.44. The van der Waals surface area contributed by atoms with E-state index in [0.717, 1.165) is 31.4 Å². The molecule has 0 spiro atoms. The van der Waals surface area contributed by atoms with Crippen LogP contribution in [0.1, 0.15) is 11.3 Å². The van der Waals surface area contributed by atoms with Crippen LogP contribution in [0, 0.1) is 0 Å². The van der Waals surface area contributed by atoms with Crippen LogP contribution in [-0.4, -0.2) is 22.8 Å². The summed E-state index contributed by atoms with van der Waals surface area (Å²) in [5.41, 5.74) is 4.00. The standard InChI is InChI=1S/C13H16N2O/c1-15-12-5-7-14-6-4-11(12)10-3-2-9(16)8-13(10)15/h2-3,8,14,16H,4-7H2,1H3. The Labute approximate surface area is 94.7 Å². The number of fused-ring (bicyclic) bond motifs is 3. The van der Waals surface area contributed by atoms with E-state index in [4.69, 9.17) is 0 Å². The maximum absolute atomic E-state index is 9.55. The first kappa shape index (κ1) is 9.73. The number of hydrogen-bond acceptors (Lipinski definition) is 2. The van der Waals surface area contributed by atoms with Gasteiger partial charge < -0.3 is 15.0 Å². The molecular weight excluding hydrogens is 200 g/mol. The first-order valence-corrected chi connectivity index (χ1v) is 5.77. The summed E-state index contributed by atoms with van der Waals surface area (Å²) in [5, 5.41) is 14.3. The highest BCUT2D eigenvalue weighted by atomic mass is 16.3. The Balaban J connectivity index is 2.31. The Morgan fingerprint density at radius 1 is 1.25 bits per heavy atom. The molecule has 1 aliphatic heterocycles. The maximum Gasteiger partial charge on any atom is 0.117 e. The molecule has 2 N–H and O–H groups in total. The van der Waals surface area contributed by atoms with Gasteiger partial charge in [0.05, 0.1) is 5.52 Å². The van der Waals surface area contributed by atoms with Crippen molar-refractivity contribution in [2.75, 3.05) is 13.1 Å². The average molecular weight is 216 g/mol. The number of nitrogens with one attached hydrogen (secondary N) is 1. The van der Waals surface area contributed by atoms with Crippen molar-refractivity contribution in [2.45, 2.75) is 12.8 Å². The van der Waals surface area contributed by atoms with Crippen LogP contribution in [0.5, 0.6) is 5.75 Å². The summed E-state index contributed by atoms with van der Waals surface area (Å²) in [4.78, 5) is 0. The minimum absolute atomic E-state index is 0.349. The fourth-order valence-electron chi connectivity index (χ4n) is 2.70. The molecule has 1 aliphatic rings. The third-order valence-corrected chi connectivity index (χ3v) is 3.51. The summed E-state index contributed by atoms with van der Waals surface area (Å²) in [6.07, 6.45) is 2.15. The van der Waals surface area contributed by atoms with Crippen LogP contribution in [0.4, 0.5) is 0 Å². The number of aryl methyl sites for hydroxylation is 1. The lowest BCUT2D eigenvalue weighted by atomic mass is 10.1. The highest BCUT2D eigenvalue weighted by Gasteiger charge is 2.16. The summed E-state index contributed by atoms with van der Waals surface area (Å²) in [6.45, 7) is 2.09. The van der Waals surface area contributed by atoms with Crippen molar-refractivity contribution in [2.24, 2.45) is 7.05 Å². The maximum atomic E-state index is 9.55. The van der Waals surface area contributed by atoms with Crippen LogP contribution >= 0.6 is 0 Å². The van der Waals surface area contributed by atoms with Gasteiger partial charge in [-0.15, -0.1) is 0 Å². The van der Waals surface area contributed by atoms with E-state index in [1.807, 2.05) is 12.1 Å². The number of nitrogens with zero attached hydrogens (tertiary/aromatic N) is 1. The molecule has 3 heteroatoms. The number of aromatic nitrogens is 1. The summed E-state index contributed by atoms with van der Waals surface area (Å²) in [6, 6.07) is 5.67. The minimum Gasteiger partial charge on any atom is -0.508 e. The van der Waals surface area contributed by atoms with Gasteiger partial charge in [-0.05, 0) is 30.7 Å². The lowest BCUT2D eigenvalue weighted by molar-refractivity contribution is 0.476. The smallest absolute Gasteiger partial charge is 0.117 e. The zero-order chi connectivity index (χ0) is 11.1. The molecule has 1 aromatic carbocycles. The molecular formula is C13H16N2O. The first-order chi connectivity index (χ1) is 7.77. The highest BCUT2D eigenvalue weighted by Crippen LogP contribution is 2.29. The van der Waals surface area contributed by atoms with Gasteiger partial charge >= 0.3 is 0 Å². The van der Waals surface area contributed by atoms with Gasteiger partial charge in [-0.1, -0.05) is 0 Å². The van der Waals surface area contributed by atoms with Crippen LogP contribution < -0.4 is 5.32 Å². The molecule has 0 saturated carbocycles. The Kier molecular flexibility index (Phi) is 2.14. The van der Waals surface area contributed by atoms with Crippen molar-refractivity contribution in [3.8, 4) is 5.75 Å². The quantitative estimate of drug-likeness (QED) is 0.701. The van der Waals surface area contributed by atoms with Crippen molar-refractivity contribution < 1.29 is 5.11 Å². The van der Waals surface area contributed by atoms with Gasteiger partial charge in [-0.3, -0.25) is 0 Å². The molecule has 0 fully saturated rings. The summed E-state index contributed by atoms with van der Waals surface area (Å²) >= 11 is 0. The largest absolute Gasteiger partial charge is 0.508 e. The van der Waals surface area contributed by atoms with Gasteiger partial charge in [0.25, 0.3) is 0 Å². The van der Waals surface area contributed by atoms with Crippen molar-refractivity contribution in [1.82, 2.24) is 9.88 Å². The summed E-state index contributed by atoms with van der Waals surface area (Å²) in [7, 11) is 2.09. The van der Waals surface area contributed by atoms with Gasteiger partial charge in [0.1, 0.15) is 5.75 Å². The molecule has 1 aromatic heterocycles. The van der Waals surface area contributed by atoms with E-state index >= 15 is 0 Å². The third kappa shape index (κ3) is 1.32. The van der Waals surface area contributed by atoms with Gasteiger partial charge in [0, 0.05) is 37.2 Å². The number of benzene rings is 1. The highest BCUT2D eigenvalue weighted by molar-refractivity contribution is 5.86. The van der Waals surface area contributed by atoms with Gasteiger partial charge in [0.2, 0.25) is 0 Å². The average Bonchev–Trinajstić information content (AvgIpc) is 2.47. The molecule has 0 amide bonds. The van der Waals surface area contributed by atoms with Crippen molar-refractivity contribution in [3.05, 3.63) is 29.5 Å². The minimum atomic E-state index is 0.349. The zero-order valence-corrected chi connectivity index (χ0v) is 9.45. The molecule has 2 heterocycles. The molecule has 2 aromatic rings. The van der Waals surface area contributed by atoms with Crippen LogP contribution in [0.3, 0.4) is 0 Å². The topological polar surface area (TPSA) is 37.2 Å². The van der Waals surface area contributed by atoms with Crippen molar-refractivity contribution in [3.63, 3.8) is 0 Å². The molecule has 0 saturated heterocycles. The Morgan fingerprint density at radius 2 is 2.06 bits per heavy atom. The lowest BCUT2D eigenvalue weighted by Crippen LogP contribution is -2.16. The Bertz CT molecular complexity index is 542. The van der Waals surface area contributed by atoms with E-state index in [-0.39, 0.29) is 0 Å². The van der Waals surface area contributed by atoms with E-state index < -0.39 is 0 Å². The summed E-state index contributed by atoms with van der Waals surface area (Å²) in [5.74, 6) is 0.349. The molecule has 0 radical (unpaired) electrons. The number of phenols is 1. The molecule has 16 heavy (non-hydrogen) atoms. The number of aromatic hydroxyl groups is 1. The van der Waals surface area contributed by atoms with Gasteiger partial charge in [-0.2, -0.15) is 0 Å². The van der Waals surface area contributed by atoms with E-state index in [0.29, 0.717) is 5.75 Å². The Hall–Kier alpha value is -1.48. The van der Waals surface area contributed by atoms with Crippen LogP contribution in [0.25, 0.3) is 10.9 Å². The number of rotatable bonds is 0. The van der Waals surface area contributed by atoms with E-state index in [1.54, 1.807) is 6.07 Å². The normalized spacial score (nSPS) is 16.1. The van der Waals surface area contributed by atoms with Gasteiger partial charge in [-0.25, -0.2) is 0 Å². The number of phenolic OH excluding ortho intramolecular Hbond substituents is 1. The molecule has 0 aliphatic carbocycles. The van der Waals surface area contributed by atoms with Crippen LogP contribution in [0.2, 0.25) is 0 Å². The SMILES string of the molecule is Cn1c2c(c3ccc(O)cc31)CCNCC2. The van der Waals surface area contributed by atoms with Gasteiger partial charge in [0.15, 0.2) is 0 Å². The second-order valence-corrected chi connectivity index (χ2v) is 4.44. The van der Waals surface area contributed by atoms with E-state index in [9.17, 15) is 5.11 Å². The third-order valence-electron chi connectivity index (χ3n) is 3.51. The molecule has 3 nitrogen and oxygen atoms in total. The zero-order valence-electron chi connectivity index (χ0n) is 9.45. The number of hydrogen-bond donors (Lipinski definition) is 2. The predicted octanol–water partition coefficient (Wildman–Crippen LogP) is 1.57. The molecule has 0 bridgehead atoms.